The van der Waals surface area contributed by atoms with Gasteiger partial charge < -0.3 is 4.90 Å². The first-order chi connectivity index (χ1) is 22.9. The fourth-order valence-corrected chi connectivity index (χ4v) is 7.70. The molecule has 1 aliphatic rings. The molecule has 2 nitrogen and oxygen atoms in total. The molecule has 0 aliphatic heterocycles. The molecule has 0 saturated heterocycles. The van der Waals surface area contributed by atoms with Gasteiger partial charge in [-0.15, -0.1) is 0 Å². The number of rotatable bonds is 8. The summed E-state index contributed by atoms with van der Waals surface area (Å²) in [6.07, 6.45) is 13.0. The number of aryl methyl sites for hydroxylation is 2. The van der Waals surface area contributed by atoms with Crippen LogP contribution in [0.5, 0.6) is 0 Å². The Labute approximate surface area is 281 Å². The number of nitrogens with zero attached hydrogens (tertiary/aromatic N) is 2. The normalized spacial score (nSPS) is 13.0. The maximum Gasteiger partial charge on any atom is 0.0775 e. The Balaban J connectivity index is 1.05. The van der Waals surface area contributed by atoms with Crippen molar-refractivity contribution in [3.05, 3.63) is 162 Å². The van der Waals surface area contributed by atoms with Gasteiger partial charge in [-0.3, -0.25) is 4.98 Å². The zero-order valence-corrected chi connectivity index (χ0v) is 28.7. The van der Waals surface area contributed by atoms with Gasteiger partial charge in [-0.1, -0.05) is 128 Å². The molecular formula is C44H42N2Si. The quantitative estimate of drug-likeness (QED) is 0.123. The van der Waals surface area contributed by atoms with Crippen LogP contribution in [0.2, 0.25) is 19.6 Å². The van der Waals surface area contributed by atoms with Crippen LogP contribution < -0.4 is 10.1 Å². The van der Waals surface area contributed by atoms with Gasteiger partial charge in [0, 0.05) is 29.5 Å². The minimum atomic E-state index is -1.28. The van der Waals surface area contributed by atoms with Crippen LogP contribution in [0.3, 0.4) is 0 Å². The molecule has 0 bridgehead atoms. The molecule has 232 valence electrons. The second kappa shape index (κ2) is 13.4. The number of aromatic nitrogens is 1. The lowest BCUT2D eigenvalue weighted by Crippen LogP contribution is -2.37. The van der Waals surface area contributed by atoms with Gasteiger partial charge in [0.25, 0.3) is 0 Å². The molecular weight excluding hydrogens is 585 g/mol. The SMILES string of the molecule is C[Si](C)(C)c1ccc(-c2ccc(/C=C/c3ccc(-c4ccc(N(c5ccncc5)c5ccc6c(c5)CCCC6)cc4)cc3)cc2)cc1. The van der Waals surface area contributed by atoms with E-state index < -0.39 is 8.07 Å². The van der Waals surface area contributed by atoms with E-state index in [-0.39, 0.29) is 0 Å². The van der Waals surface area contributed by atoms with Crippen LogP contribution in [0.15, 0.2) is 140 Å². The zero-order valence-electron chi connectivity index (χ0n) is 27.7. The Morgan fingerprint density at radius 2 is 0.936 bits per heavy atom. The van der Waals surface area contributed by atoms with Crippen LogP contribution in [0.4, 0.5) is 17.1 Å². The second-order valence-corrected chi connectivity index (χ2v) is 18.7. The summed E-state index contributed by atoms with van der Waals surface area (Å²) in [4.78, 5) is 6.61. The molecule has 47 heavy (non-hydrogen) atoms. The maximum absolute atomic E-state index is 4.27. The molecule has 6 aromatic rings. The minimum absolute atomic E-state index is 1.12. The molecule has 0 fully saturated rings. The Morgan fingerprint density at radius 1 is 0.489 bits per heavy atom. The molecule has 1 aromatic heterocycles. The Hall–Kier alpha value is -4.99. The van der Waals surface area contributed by atoms with E-state index in [1.54, 1.807) is 0 Å². The average Bonchev–Trinajstić information content (AvgIpc) is 3.12. The lowest BCUT2D eigenvalue weighted by molar-refractivity contribution is 0.685. The van der Waals surface area contributed by atoms with Crippen LogP contribution in [0.25, 0.3) is 34.4 Å². The third-order valence-electron chi connectivity index (χ3n) is 9.34. The third-order valence-corrected chi connectivity index (χ3v) is 11.4. The van der Waals surface area contributed by atoms with Crippen molar-refractivity contribution in [3.8, 4) is 22.3 Å². The van der Waals surface area contributed by atoms with E-state index in [1.165, 1.54) is 74.6 Å². The monoisotopic (exact) mass is 626 g/mol. The first kappa shape index (κ1) is 30.6. The van der Waals surface area contributed by atoms with E-state index >= 15 is 0 Å². The van der Waals surface area contributed by atoms with Crippen molar-refractivity contribution in [2.45, 2.75) is 45.3 Å². The van der Waals surface area contributed by atoms with Crippen molar-refractivity contribution >= 4 is 42.5 Å². The van der Waals surface area contributed by atoms with Crippen LogP contribution in [0.1, 0.15) is 35.1 Å². The predicted molar refractivity (Wildman–Crippen MR) is 205 cm³/mol. The van der Waals surface area contributed by atoms with Crippen molar-refractivity contribution in [2.75, 3.05) is 4.90 Å². The highest BCUT2D eigenvalue weighted by Crippen LogP contribution is 2.37. The molecule has 5 aromatic carbocycles. The van der Waals surface area contributed by atoms with Crippen LogP contribution in [-0.4, -0.2) is 13.1 Å². The summed E-state index contributed by atoms with van der Waals surface area (Å²) in [6, 6.07) is 46.9. The van der Waals surface area contributed by atoms with Crippen LogP contribution in [0, 0.1) is 0 Å². The summed E-state index contributed by atoms with van der Waals surface area (Å²) < 4.78 is 0. The maximum atomic E-state index is 4.27. The first-order valence-corrected chi connectivity index (χ1v) is 20.3. The number of hydrogen-bond acceptors (Lipinski definition) is 2. The van der Waals surface area contributed by atoms with Crippen molar-refractivity contribution in [2.24, 2.45) is 0 Å². The van der Waals surface area contributed by atoms with Crippen LogP contribution >= 0.6 is 0 Å². The predicted octanol–water partition coefficient (Wildman–Crippen LogP) is 11.5. The molecule has 1 aliphatic carbocycles. The summed E-state index contributed by atoms with van der Waals surface area (Å²) in [5, 5.41) is 1.50. The van der Waals surface area contributed by atoms with E-state index in [2.05, 4.69) is 169 Å². The molecule has 0 spiro atoms. The number of hydrogen-bond donors (Lipinski definition) is 0. The lowest BCUT2D eigenvalue weighted by Gasteiger charge is -2.27. The van der Waals surface area contributed by atoms with Crippen molar-refractivity contribution in [1.82, 2.24) is 4.98 Å². The van der Waals surface area contributed by atoms with Crippen molar-refractivity contribution in [1.29, 1.82) is 0 Å². The Kier molecular flexibility index (Phi) is 8.73. The number of fused-ring (bicyclic) bond motifs is 1. The average molecular weight is 627 g/mol. The Morgan fingerprint density at radius 3 is 1.47 bits per heavy atom. The van der Waals surface area contributed by atoms with Gasteiger partial charge in [-0.05, 0) is 107 Å². The topological polar surface area (TPSA) is 16.1 Å². The van der Waals surface area contributed by atoms with E-state index in [0.29, 0.717) is 0 Å². The summed E-state index contributed by atoms with van der Waals surface area (Å²) in [7, 11) is -1.28. The zero-order chi connectivity index (χ0) is 32.2. The molecule has 3 heteroatoms. The smallest absolute Gasteiger partial charge is 0.0775 e. The summed E-state index contributed by atoms with van der Waals surface area (Å²) in [5.41, 5.74) is 13.8. The summed E-state index contributed by atoms with van der Waals surface area (Å²) >= 11 is 0. The van der Waals surface area contributed by atoms with Crippen molar-refractivity contribution in [3.63, 3.8) is 0 Å². The largest absolute Gasteiger partial charge is 0.310 e. The van der Waals surface area contributed by atoms with Crippen molar-refractivity contribution < 1.29 is 0 Å². The molecule has 7 rings (SSSR count). The highest BCUT2D eigenvalue weighted by Gasteiger charge is 2.17. The highest BCUT2D eigenvalue weighted by molar-refractivity contribution is 6.88. The van der Waals surface area contributed by atoms with Gasteiger partial charge in [0.05, 0.1) is 8.07 Å². The van der Waals surface area contributed by atoms with Gasteiger partial charge in [0.2, 0.25) is 0 Å². The van der Waals surface area contributed by atoms with Gasteiger partial charge in [-0.25, -0.2) is 0 Å². The fraction of sp³-hybridized carbons (Fsp3) is 0.159. The van der Waals surface area contributed by atoms with Gasteiger partial charge >= 0.3 is 0 Å². The molecule has 1 heterocycles. The van der Waals surface area contributed by atoms with E-state index in [0.717, 1.165) is 17.8 Å². The number of benzene rings is 5. The molecule has 0 atom stereocenters. The summed E-state index contributed by atoms with van der Waals surface area (Å²) in [5.74, 6) is 0. The van der Waals surface area contributed by atoms with Crippen LogP contribution in [-0.2, 0) is 12.8 Å². The fourth-order valence-electron chi connectivity index (χ4n) is 6.53. The number of anilines is 3. The standard InChI is InChI=1S/C44H42N2Si/c1-47(2,3)44-26-21-39(22-27-44)37-16-12-34(13-17-37)9-8-33-10-14-36(15-11-33)38-18-23-41(24-19-38)46(42-28-30-45-31-29-42)43-25-20-35-6-4-5-7-40(35)32-43/h8-32H,4-7H2,1-3H3/b9-8+. The molecule has 0 radical (unpaired) electrons. The molecule has 0 saturated carbocycles. The molecule has 0 unspecified atom stereocenters. The van der Waals surface area contributed by atoms with E-state index in [1.807, 2.05) is 12.4 Å². The lowest BCUT2D eigenvalue weighted by atomic mass is 9.91. The second-order valence-electron chi connectivity index (χ2n) is 13.7. The number of pyridine rings is 1. The Bertz CT molecular complexity index is 1970. The molecule has 0 amide bonds. The highest BCUT2D eigenvalue weighted by atomic mass is 28.3. The molecule has 0 N–H and O–H groups in total. The van der Waals surface area contributed by atoms with Gasteiger partial charge in [-0.2, -0.15) is 0 Å². The first-order valence-electron chi connectivity index (χ1n) is 16.8. The van der Waals surface area contributed by atoms with Gasteiger partial charge in [0.1, 0.15) is 0 Å². The van der Waals surface area contributed by atoms with Gasteiger partial charge in [0.15, 0.2) is 0 Å². The minimum Gasteiger partial charge on any atom is -0.310 e. The van der Waals surface area contributed by atoms with E-state index in [4.69, 9.17) is 0 Å². The van der Waals surface area contributed by atoms with E-state index in [9.17, 15) is 0 Å². The summed E-state index contributed by atoms with van der Waals surface area (Å²) in [6.45, 7) is 7.18. The third kappa shape index (κ3) is 7.06.